The fourth-order valence-electron chi connectivity index (χ4n) is 1.25. The molecule has 2 nitrogen and oxygen atoms in total. The van der Waals surface area contributed by atoms with Crippen LogP contribution in [0.4, 0.5) is 13.2 Å². The van der Waals surface area contributed by atoms with Crippen LogP contribution in [0.2, 0.25) is 0 Å². The molecule has 2 aromatic rings. The second-order valence-corrected chi connectivity index (χ2v) is 3.38. The first-order valence-electron chi connectivity index (χ1n) is 4.37. The van der Waals surface area contributed by atoms with Gasteiger partial charge in [0.15, 0.2) is 17.5 Å². The van der Waals surface area contributed by atoms with Crippen LogP contribution < -0.4 is 0 Å². The van der Waals surface area contributed by atoms with E-state index in [0.717, 1.165) is 12.1 Å². The number of benzene rings is 1. The first-order valence-corrected chi connectivity index (χ1v) is 4.90. The Morgan fingerprint density at radius 3 is 2.31 bits per heavy atom. The van der Waals surface area contributed by atoms with Crippen LogP contribution in [0.3, 0.4) is 0 Å². The molecule has 1 heterocycles. The molecule has 0 aliphatic rings. The summed E-state index contributed by atoms with van der Waals surface area (Å²) < 4.78 is 39.8. The van der Waals surface area contributed by atoms with Gasteiger partial charge in [0, 0.05) is 18.3 Å². The molecule has 1 aromatic heterocycles. The molecule has 0 radical (unpaired) electrons. The minimum Gasteiger partial charge on any atom is -0.240 e. The van der Waals surface area contributed by atoms with Crippen LogP contribution >= 0.6 is 11.6 Å². The lowest BCUT2D eigenvalue weighted by Gasteiger charge is -2.02. The molecule has 0 aliphatic heterocycles. The van der Waals surface area contributed by atoms with E-state index in [1.165, 1.54) is 10.9 Å². The highest BCUT2D eigenvalue weighted by atomic mass is 35.5. The van der Waals surface area contributed by atoms with Crippen LogP contribution in [-0.4, -0.2) is 9.78 Å². The van der Waals surface area contributed by atoms with Crippen molar-refractivity contribution in [3.63, 3.8) is 0 Å². The van der Waals surface area contributed by atoms with E-state index in [4.69, 9.17) is 11.6 Å². The summed E-state index contributed by atoms with van der Waals surface area (Å²) >= 11 is 5.53. The summed E-state index contributed by atoms with van der Waals surface area (Å²) in [5.41, 5.74) is 0.666. The number of alkyl halides is 1. The van der Waals surface area contributed by atoms with Crippen molar-refractivity contribution in [2.24, 2.45) is 0 Å². The molecule has 0 unspecified atom stereocenters. The topological polar surface area (TPSA) is 17.8 Å². The Kier molecular flexibility index (Phi) is 2.87. The predicted molar refractivity (Wildman–Crippen MR) is 53.0 cm³/mol. The molecule has 0 N–H and O–H groups in total. The van der Waals surface area contributed by atoms with E-state index in [1.54, 1.807) is 6.07 Å². The first-order chi connectivity index (χ1) is 7.61. The number of hydrogen-bond acceptors (Lipinski definition) is 1. The molecule has 0 saturated heterocycles. The SMILES string of the molecule is Fc1cc(-n2ccc(CCl)n2)cc(F)c1F. The third kappa shape index (κ3) is 1.90. The maximum Gasteiger partial charge on any atom is 0.194 e. The van der Waals surface area contributed by atoms with Gasteiger partial charge in [0.25, 0.3) is 0 Å². The highest BCUT2D eigenvalue weighted by Gasteiger charge is 2.12. The van der Waals surface area contributed by atoms with Crippen molar-refractivity contribution in [1.82, 2.24) is 9.78 Å². The highest BCUT2D eigenvalue weighted by Crippen LogP contribution is 2.16. The summed E-state index contributed by atoms with van der Waals surface area (Å²) in [7, 11) is 0. The zero-order valence-electron chi connectivity index (χ0n) is 7.92. The molecule has 16 heavy (non-hydrogen) atoms. The van der Waals surface area contributed by atoms with Gasteiger partial charge in [-0.05, 0) is 6.07 Å². The van der Waals surface area contributed by atoms with E-state index in [2.05, 4.69) is 5.10 Å². The summed E-state index contributed by atoms with van der Waals surface area (Å²) in [6.07, 6.45) is 1.49. The van der Waals surface area contributed by atoms with Crippen LogP contribution in [0.25, 0.3) is 5.69 Å². The second kappa shape index (κ2) is 4.17. The Labute approximate surface area is 94.3 Å². The van der Waals surface area contributed by atoms with Gasteiger partial charge in [0.1, 0.15) is 0 Å². The van der Waals surface area contributed by atoms with Crippen LogP contribution in [0, 0.1) is 17.5 Å². The molecule has 0 aliphatic carbocycles. The smallest absolute Gasteiger partial charge is 0.194 e. The molecule has 0 saturated carbocycles. The minimum atomic E-state index is -1.49. The van der Waals surface area contributed by atoms with Gasteiger partial charge in [-0.25, -0.2) is 17.9 Å². The third-order valence-electron chi connectivity index (χ3n) is 2.01. The molecule has 0 amide bonds. The van der Waals surface area contributed by atoms with Crippen molar-refractivity contribution in [2.45, 2.75) is 5.88 Å². The minimum absolute atomic E-state index is 0.104. The van der Waals surface area contributed by atoms with Crippen LogP contribution in [0.5, 0.6) is 0 Å². The Balaban J connectivity index is 2.48. The summed E-state index contributed by atoms with van der Waals surface area (Å²) in [4.78, 5) is 0. The van der Waals surface area contributed by atoms with E-state index in [9.17, 15) is 13.2 Å². The molecular weight excluding hydrogens is 241 g/mol. The zero-order chi connectivity index (χ0) is 11.7. The molecule has 84 valence electrons. The number of halogens is 4. The first kappa shape index (κ1) is 11.0. The van der Waals surface area contributed by atoms with Gasteiger partial charge >= 0.3 is 0 Å². The van der Waals surface area contributed by atoms with Gasteiger partial charge in [-0.2, -0.15) is 5.10 Å². The molecule has 1 aromatic carbocycles. The van der Waals surface area contributed by atoms with Crippen molar-refractivity contribution in [3.8, 4) is 5.69 Å². The van der Waals surface area contributed by atoms with Gasteiger partial charge in [0.2, 0.25) is 0 Å². The lowest BCUT2D eigenvalue weighted by molar-refractivity contribution is 0.446. The summed E-state index contributed by atoms with van der Waals surface area (Å²) in [6.45, 7) is 0. The molecule has 0 atom stereocenters. The van der Waals surface area contributed by atoms with Gasteiger partial charge in [0.05, 0.1) is 17.3 Å². The Morgan fingerprint density at radius 2 is 1.81 bits per heavy atom. The predicted octanol–water partition coefficient (Wildman–Crippen LogP) is 3.03. The van der Waals surface area contributed by atoms with Crippen molar-refractivity contribution in [3.05, 3.63) is 47.5 Å². The van der Waals surface area contributed by atoms with E-state index in [-0.39, 0.29) is 11.6 Å². The van der Waals surface area contributed by atoms with E-state index in [1.807, 2.05) is 0 Å². The van der Waals surface area contributed by atoms with Crippen molar-refractivity contribution in [2.75, 3.05) is 0 Å². The van der Waals surface area contributed by atoms with Crippen LogP contribution in [0.1, 0.15) is 5.69 Å². The second-order valence-electron chi connectivity index (χ2n) is 3.11. The Morgan fingerprint density at radius 1 is 1.19 bits per heavy atom. The van der Waals surface area contributed by atoms with Crippen LogP contribution in [0.15, 0.2) is 24.4 Å². The standard InChI is InChI=1S/C10H6ClF3N2/c11-5-6-1-2-16(15-6)7-3-8(12)10(14)9(13)4-7/h1-4H,5H2. The van der Waals surface area contributed by atoms with Crippen molar-refractivity contribution in [1.29, 1.82) is 0 Å². The molecule has 0 bridgehead atoms. The summed E-state index contributed by atoms with van der Waals surface area (Å²) in [6, 6.07) is 3.33. The maximum atomic E-state index is 12.9. The molecule has 0 fully saturated rings. The third-order valence-corrected chi connectivity index (χ3v) is 2.29. The van der Waals surface area contributed by atoms with Gasteiger partial charge in [-0.1, -0.05) is 0 Å². The van der Waals surface area contributed by atoms with Gasteiger partial charge in [-0.3, -0.25) is 0 Å². The molecule has 0 spiro atoms. The normalized spacial score (nSPS) is 10.8. The monoisotopic (exact) mass is 246 g/mol. The number of aromatic nitrogens is 2. The van der Waals surface area contributed by atoms with Gasteiger partial charge < -0.3 is 0 Å². The molecular formula is C10H6ClF3N2. The highest BCUT2D eigenvalue weighted by molar-refractivity contribution is 6.16. The lowest BCUT2D eigenvalue weighted by Crippen LogP contribution is -2.00. The van der Waals surface area contributed by atoms with E-state index < -0.39 is 17.5 Å². The van der Waals surface area contributed by atoms with Gasteiger partial charge in [-0.15, -0.1) is 11.6 Å². The number of nitrogens with zero attached hydrogens (tertiary/aromatic N) is 2. The fraction of sp³-hybridized carbons (Fsp3) is 0.100. The fourth-order valence-corrected chi connectivity index (χ4v) is 1.39. The average Bonchev–Trinajstić information content (AvgIpc) is 2.73. The average molecular weight is 247 g/mol. The quantitative estimate of drug-likeness (QED) is 0.588. The Hall–Kier alpha value is -1.49. The number of rotatable bonds is 2. The Bertz CT molecular complexity index is 502. The number of hydrogen-bond donors (Lipinski definition) is 0. The maximum absolute atomic E-state index is 12.9. The largest absolute Gasteiger partial charge is 0.240 e. The van der Waals surface area contributed by atoms with Crippen LogP contribution in [-0.2, 0) is 5.88 Å². The summed E-state index contributed by atoms with van der Waals surface area (Å²) in [5.74, 6) is -3.80. The molecule has 6 heteroatoms. The molecule has 2 rings (SSSR count). The van der Waals surface area contributed by atoms with Crippen molar-refractivity contribution < 1.29 is 13.2 Å². The van der Waals surface area contributed by atoms with E-state index >= 15 is 0 Å². The van der Waals surface area contributed by atoms with Crippen molar-refractivity contribution >= 4 is 11.6 Å². The van der Waals surface area contributed by atoms with E-state index in [0.29, 0.717) is 5.69 Å². The zero-order valence-corrected chi connectivity index (χ0v) is 8.68. The summed E-state index contributed by atoms with van der Waals surface area (Å²) in [5, 5.41) is 3.94. The lowest BCUT2D eigenvalue weighted by atomic mass is 10.3.